The number of aromatic nitrogens is 1. The van der Waals surface area contributed by atoms with Crippen LogP contribution in [-0.2, 0) is 6.54 Å². The van der Waals surface area contributed by atoms with Crippen LogP contribution in [-0.4, -0.2) is 53.8 Å². The van der Waals surface area contributed by atoms with Gasteiger partial charge < -0.3 is 9.47 Å². The zero-order chi connectivity index (χ0) is 15.9. The third-order valence-corrected chi connectivity index (χ3v) is 6.17. The summed E-state index contributed by atoms with van der Waals surface area (Å²) in [5.41, 5.74) is 2.29. The molecule has 4 heterocycles. The van der Waals surface area contributed by atoms with Gasteiger partial charge in [0.25, 0.3) is 0 Å². The van der Waals surface area contributed by atoms with Crippen LogP contribution >= 0.6 is 11.3 Å². The fourth-order valence-corrected chi connectivity index (χ4v) is 4.78. The Balaban J connectivity index is 1.29. The summed E-state index contributed by atoms with van der Waals surface area (Å²) in [6.07, 6.45) is 2.72. The van der Waals surface area contributed by atoms with Crippen LogP contribution in [0, 0.1) is 0 Å². The molecule has 2 fully saturated rings. The predicted molar refractivity (Wildman–Crippen MR) is 93.5 cm³/mol. The van der Waals surface area contributed by atoms with Gasteiger partial charge in [0.2, 0.25) is 6.79 Å². The van der Waals surface area contributed by atoms with Crippen molar-refractivity contribution in [1.82, 2.24) is 14.8 Å². The maximum absolute atomic E-state index is 5.47. The van der Waals surface area contributed by atoms with Crippen molar-refractivity contribution < 1.29 is 9.47 Å². The van der Waals surface area contributed by atoms with Gasteiger partial charge in [0.1, 0.15) is 5.01 Å². The molecule has 0 amide bonds. The molecule has 3 aliphatic heterocycles. The zero-order valence-electron chi connectivity index (χ0n) is 13.6. The van der Waals surface area contributed by atoms with E-state index >= 15 is 0 Å². The number of hydrogen-bond donors (Lipinski definition) is 0. The second kappa shape index (κ2) is 6.02. The molecular formula is C18H21N3O2S. The first kappa shape index (κ1) is 14.7. The molecule has 2 aromatic rings. The molecule has 3 aliphatic rings. The maximum Gasteiger partial charge on any atom is 0.231 e. The number of ether oxygens (including phenoxy) is 2. The van der Waals surface area contributed by atoms with E-state index in [-0.39, 0.29) is 0 Å². The fourth-order valence-electron chi connectivity index (χ4n) is 3.97. The average molecular weight is 343 g/mol. The Hall–Kier alpha value is -1.63. The molecule has 1 aromatic carbocycles. The predicted octanol–water partition coefficient (Wildman–Crippen LogP) is 2.82. The van der Waals surface area contributed by atoms with Crippen molar-refractivity contribution in [2.24, 2.45) is 0 Å². The highest BCUT2D eigenvalue weighted by Crippen LogP contribution is 2.36. The number of hydrogen-bond acceptors (Lipinski definition) is 6. The molecule has 0 spiro atoms. The number of rotatable bonds is 3. The van der Waals surface area contributed by atoms with E-state index in [1.54, 1.807) is 11.3 Å². The summed E-state index contributed by atoms with van der Waals surface area (Å²) in [6.45, 7) is 6.14. The highest BCUT2D eigenvalue weighted by molar-refractivity contribution is 7.13. The van der Waals surface area contributed by atoms with E-state index < -0.39 is 0 Å². The molecule has 0 radical (unpaired) electrons. The lowest BCUT2D eigenvalue weighted by Crippen LogP contribution is -2.49. The third kappa shape index (κ3) is 2.68. The van der Waals surface area contributed by atoms with Gasteiger partial charge in [-0.15, -0.1) is 11.3 Å². The minimum atomic E-state index is 0.315. The van der Waals surface area contributed by atoms with Crippen LogP contribution in [0.2, 0.25) is 0 Å². The number of nitrogens with zero attached hydrogens (tertiary/aromatic N) is 3. The molecule has 1 aromatic heterocycles. The minimum absolute atomic E-state index is 0.315. The zero-order valence-corrected chi connectivity index (χ0v) is 14.4. The molecule has 1 atom stereocenters. The summed E-state index contributed by atoms with van der Waals surface area (Å²) < 4.78 is 10.9. The Labute approximate surface area is 145 Å². The van der Waals surface area contributed by atoms with Crippen LogP contribution in [0.25, 0.3) is 10.6 Å². The first-order valence-corrected chi connectivity index (χ1v) is 9.54. The van der Waals surface area contributed by atoms with Crippen LogP contribution in [0.15, 0.2) is 23.6 Å². The van der Waals surface area contributed by atoms with Crippen molar-refractivity contribution in [1.29, 1.82) is 0 Å². The van der Waals surface area contributed by atoms with E-state index in [9.17, 15) is 0 Å². The van der Waals surface area contributed by atoms with E-state index in [4.69, 9.17) is 14.5 Å². The molecule has 0 bridgehead atoms. The summed E-state index contributed by atoms with van der Waals surface area (Å²) >= 11 is 1.71. The summed E-state index contributed by atoms with van der Waals surface area (Å²) in [5, 5.41) is 3.25. The Morgan fingerprint density at radius 2 is 2.12 bits per heavy atom. The second-order valence-electron chi connectivity index (χ2n) is 6.78. The van der Waals surface area contributed by atoms with Crippen molar-refractivity contribution in [3.63, 3.8) is 0 Å². The largest absolute Gasteiger partial charge is 0.454 e. The smallest absolute Gasteiger partial charge is 0.231 e. The molecule has 5 rings (SSSR count). The van der Waals surface area contributed by atoms with E-state index in [1.807, 2.05) is 12.1 Å². The van der Waals surface area contributed by atoms with Crippen LogP contribution in [0.5, 0.6) is 11.5 Å². The summed E-state index contributed by atoms with van der Waals surface area (Å²) in [4.78, 5) is 10.1. The topological polar surface area (TPSA) is 37.8 Å². The number of piperazine rings is 1. The molecule has 0 aliphatic carbocycles. The molecular weight excluding hydrogens is 322 g/mol. The van der Waals surface area contributed by atoms with Crippen LogP contribution < -0.4 is 9.47 Å². The summed E-state index contributed by atoms with van der Waals surface area (Å²) in [5.74, 6) is 1.64. The SMILES string of the molecule is c1cc2c(cc1-c1nc(CN3CCN4CCC[C@H]4C3)cs1)OCO2. The third-order valence-electron chi connectivity index (χ3n) is 5.23. The molecule has 0 unspecified atom stereocenters. The van der Waals surface area contributed by atoms with Crippen LogP contribution in [0.1, 0.15) is 18.5 Å². The first-order chi connectivity index (χ1) is 11.8. The highest BCUT2D eigenvalue weighted by Gasteiger charge is 2.30. The van der Waals surface area contributed by atoms with Crippen LogP contribution in [0.4, 0.5) is 0 Å². The van der Waals surface area contributed by atoms with Gasteiger partial charge in [-0.2, -0.15) is 0 Å². The lowest BCUT2D eigenvalue weighted by Gasteiger charge is -2.37. The molecule has 2 saturated heterocycles. The second-order valence-corrected chi connectivity index (χ2v) is 7.64. The van der Waals surface area contributed by atoms with Gasteiger partial charge in [-0.3, -0.25) is 9.80 Å². The number of thiazole rings is 1. The van der Waals surface area contributed by atoms with E-state index in [1.165, 1.54) is 38.2 Å². The number of fused-ring (bicyclic) bond motifs is 2. The molecule has 6 heteroatoms. The quantitative estimate of drug-likeness (QED) is 0.857. The van der Waals surface area contributed by atoms with Gasteiger partial charge in [0, 0.05) is 43.2 Å². The lowest BCUT2D eigenvalue weighted by atomic mass is 10.1. The highest BCUT2D eigenvalue weighted by atomic mass is 32.1. The minimum Gasteiger partial charge on any atom is -0.454 e. The Bertz CT molecular complexity index is 748. The fraction of sp³-hybridized carbons (Fsp3) is 0.500. The standard InChI is InChI=1S/C18H21N3O2S/c1-2-15-10-20(6-7-21(15)5-1)9-14-11-24-18(19-14)13-3-4-16-17(8-13)23-12-22-16/h3-4,8,11,15H,1-2,5-7,9-10,12H2/t15-/m0/s1. The monoisotopic (exact) mass is 343 g/mol. The molecule has 0 saturated carbocycles. The van der Waals surface area contributed by atoms with Gasteiger partial charge in [0.05, 0.1) is 5.69 Å². The molecule has 5 nitrogen and oxygen atoms in total. The summed E-state index contributed by atoms with van der Waals surface area (Å²) in [7, 11) is 0. The van der Waals surface area contributed by atoms with Gasteiger partial charge >= 0.3 is 0 Å². The van der Waals surface area contributed by atoms with E-state index in [2.05, 4.69) is 21.2 Å². The normalized spacial score (nSPS) is 23.6. The van der Waals surface area contributed by atoms with Gasteiger partial charge in [-0.1, -0.05) is 0 Å². The van der Waals surface area contributed by atoms with Crippen LogP contribution in [0.3, 0.4) is 0 Å². The van der Waals surface area contributed by atoms with Crippen molar-refractivity contribution in [3.05, 3.63) is 29.3 Å². The van der Waals surface area contributed by atoms with Crippen molar-refractivity contribution >= 4 is 11.3 Å². The average Bonchev–Trinajstić information content (AvgIpc) is 3.34. The van der Waals surface area contributed by atoms with Crippen molar-refractivity contribution in [2.45, 2.75) is 25.4 Å². The summed E-state index contributed by atoms with van der Waals surface area (Å²) in [6, 6.07) is 6.83. The van der Waals surface area contributed by atoms with E-state index in [0.717, 1.165) is 41.2 Å². The molecule has 126 valence electrons. The lowest BCUT2D eigenvalue weighted by molar-refractivity contribution is 0.0986. The van der Waals surface area contributed by atoms with Crippen molar-refractivity contribution in [3.8, 4) is 22.1 Å². The van der Waals surface area contributed by atoms with Gasteiger partial charge in [-0.05, 0) is 37.6 Å². The Morgan fingerprint density at radius 1 is 1.17 bits per heavy atom. The van der Waals surface area contributed by atoms with Crippen molar-refractivity contribution in [2.75, 3.05) is 33.0 Å². The Morgan fingerprint density at radius 3 is 3.12 bits per heavy atom. The first-order valence-electron chi connectivity index (χ1n) is 8.66. The van der Waals surface area contributed by atoms with Gasteiger partial charge in [0.15, 0.2) is 11.5 Å². The molecule has 0 N–H and O–H groups in total. The van der Waals surface area contributed by atoms with Gasteiger partial charge in [-0.25, -0.2) is 4.98 Å². The van der Waals surface area contributed by atoms with E-state index in [0.29, 0.717) is 6.79 Å². The Kier molecular flexibility index (Phi) is 3.69. The maximum atomic E-state index is 5.47. The molecule has 24 heavy (non-hydrogen) atoms. The number of benzene rings is 1.